The molecule has 0 saturated carbocycles. The zero-order chi connectivity index (χ0) is 28.0. The molecule has 2 heterocycles. The van der Waals surface area contributed by atoms with Crippen molar-refractivity contribution in [2.75, 3.05) is 10.7 Å². The topological polar surface area (TPSA) is 77.1 Å². The third kappa shape index (κ3) is 6.14. The van der Waals surface area contributed by atoms with Crippen molar-refractivity contribution in [3.8, 4) is 0 Å². The molecule has 4 rings (SSSR count). The number of hydrogen-bond donors (Lipinski definition) is 1. The highest BCUT2D eigenvalue weighted by Crippen LogP contribution is 2.39. The molecule has 0 aromatic heterocycles. The number of amides is 2. The van der Waals surface area contributed by atoms with E-state index >= 15 is 4.39 Å². The van der Waals surface area contributed by atoms with E-state index in [0.29, 0.717) is 15.6 Å². The Morgan fingerprint density at radius 2 is 1.79 bits per heavy atom. The van der Waals surface area contributed by atoms with Gasteiger partial charge in [0.15, 0.2) is 0 Å². The average Bonchev–Trinajstić information content (AvgIpc) is 2.93. The van der Waals surface area contributed by atoms with Gasteiger partial charge in [0.05, 0.1) is 23.4 Å². The highest BCUT2D eigenvalue weighted by atomic mass is 35.5. The molecule has 0 radical (unpaired) electrons. The monoisotopic (exact) mass is 562 g/mol. The van der Waals surface area contributed by atoms with Gasteiger partial charge in [-0.05, 0) is 78.3 Å². The minimum absolute atomic E-state index is 0.185. The Hall–Kier alpha value is -2.27. The van der Waals surface area contributed by atoms with Gasteiger partial charge >= 0.3 is 13.2 Å². The summed E-state index contributed by atoms with van der Waals surface area (Å²) in [7, 11) is -0.943. The van der Waals surface area contributed by atoms with Crippen LogP contribution in [0.2, 0.25) is 5.02 Å². The van der Waals surface area contributed by atoms with Gasteiger partial charge in [0.25, 0.3) is 5.91 Å². The van der Waals surface area contributed by atoms with Gasteiger partial charge in [0, 0.05) is 21.1 Å². The van der Waals surface area contributed by atoms with Crippen molar-refractivity contribution in [3.05, 3.63) is 52.8 Å². The molecule has 2 aliphatic heterocycles. The first-order valence-corrected chi connectivity index (χ1v) is 13.8. The van der Waals surface area contributed by atoms with E-state index in [1.165, 1.54) is 17.8 Å². The smallest absolute Gasteiger partial charge is 0.444 e. The fraction of sp³-hybridized carbons (Fsp3) is 0.481. The van der Waals surface area contributed by atoms with Crippen LogP contribution in [0.15, 0.2) is 41.3 Å². The number of nitrogens with zero attached hydrogens (tertiary/aromatic N) is 1. The summed E-state index contributed by atoms with van der Waals surface area (Å²) in [5, 5.41) is 3.26. The Bertz CT molecular complexity index is 1220. The third-order valence-electron chi connectivity index (χ3n) is 6.79. The zero-order valence-electron chi connectivity index (χ0n) is 22.7. The van der Waals surface area contributed by atoms with E-state index in [1.54, 1.807) is 43.9 Å². The van der Waals surface area contributed by atoms with Crippen molar-refractivity contribution >= 4 is 53.6 Å². The van der Waals surface area contributed by atoms with Crippen molar-refractivity contribution in [2.45, 2.75) is 82.8 Å². The molecule has 0 spiro atoms. The minimum Gasteiger partial charge on any atom is -0.444 e. The van der Waals surface area contributed by atoms with Gasteiger partial charge in [-0.25, -0.2) is 9.18 Å². The van der Waals surface area contributed by atoms with Crippen molar-refractivity contribution < 1.29 is 28.0 Å². The van der Waals surface area contributed by atoms with Gasteiger partial charge in [-0.15, -0.1) is 11.8 Å². The normalized spacial score (nSPS) is 20.7. The molecule has 2 amide bonds. The molecule has 1 atom stereocenters. The maximum atomic E-state index is 15.5. The molecular formula is C27H33BClFN2O5S. The van der Waals surface area contributed by atoms with Crippen LogP contribution in [0.4, 0.5) is 14.9 Å². The summed E-state index contributed by atoms with van der Waals surface area (Å²) in [6.45, 7) is 13.0. The number of benzene rings is 2. The molecule has 1 saturated heterocycles. The molecule has 7 nitrogen and oxygen atoms in total. The van der Waals surface area contributed by atoms with E-state index in [9.17, 15) is 9.59 Å². The summed E-state index contributed by atoms with van der Waals surface area (Å²) in [5.41, 5.74) is -0.513. The molecule has 0 aliphatic carbocycles. The van der Waals surface area contributed by atoms with Crippen molar-refractivity contribution in [1.29, 1.82) is 0 Å². The molecule has 38 heavy (non-hydrogen) atoms. The third-order valence-corrected chi connectivity index (χ3v) is 8.18. The van der Waals surface area contributed by atoms with Crippen LogP contribution in [0.3, 0.4) is 0 Å². The molecule has 2 aromatic rings. The van der Waals surface area contributed by atoms with Gasteiger partial charge in [-0.3, -0.25) is 4.79 Å². The van der Waals surface area contributed by atoms with E-state index < -0.39 is 41.9 Å². The number of carbonyl (C=O) groups excluding carboxylic acids is 2. The van der Waals surface area contributed by atoms with Crippen molar-refractivity contribution in [3.63, 3.8) is 0 Å². The van der Waals surface area contributed by atoms with Gasteiger partial charge in [0.1, 0.15) is 17.5 Å². The number of ether oxygens (including phenoxy) is 1. The number of halogens is 2. The quantitative estimate of drug-likeness (QED) is 0.509. The van der Waals surface area contributed by atoms with Crippen LogP contribution in [-0.2, 0) is 25.4 Å². The SMILES string of the molecule is CC(C)(C)OC(=O)N[C@H]1CSc2cc(F)c(B3OC(C)(C)C(C)(C)O3)cc2N(Cc2ccc(Cl)cc2)C1=O. The predicted octanol–water partition coefficient (Wildman–Crippen LogP) is 5.31. The maximum absolute atomic E-state index is 15.5. The van der Waals surface area contributed by atoms with E-state index in [4.69, 9.17) is 25.6 Å². The van der Waals surface area contributed by atoms with E-state index in [-0.39, 0.29) is 23.7 Å². The summed E-state index contributed by atoms with van der Waals surface area (Å²) < 4.78 is 33.1. The molecule has 204 valence electrons. The van der Waals surface area contributed by atoms with Crippen molar-refractivity contribution in [2.24, 2.45) is 0 Å². The number of hydrogen-bond acceptors (Lipinski definition) is 6. The first-order valence-electron chi connectivity index (χ1n) is 12.4. The second-order valence-electron chi connectivity index (χ2n) is 11.5. The van der Waals surface area contributed by atoms with Crippen LogP contribution in [-0.4, -0.2) is 47.7 Å². The fourth-order valence-electron chi connectivity index (χ4n) is 4.08. The van der Waals surface area contributed by atoms with Crippen LogP contribution in [0.5, 0.6) is 0 Å². The van der Waals surface area contributed by atoms with E-state index in [1.807, 2.05) is 39.8 Å². The van der Waals surface area contributed by atoms with Crippen LogP contribution in [0.1, 0.15) is 54.0 Å². The number of nitrogens with one attached hydrogen (secondary N) is 1. The minimum atomic E-state index is -0.943. The molecule has 1 fully saturated rings. The lowest BCUT2D eigenvalue weighted by atomic mass is 9.78. The predicted molar refractivity (Wildman–Crippen MR) is 149 cm³/mol. The van der Waals surface area contributed by atoms with Crippen molar-refractivity contribution in [1.82, 2.24) is 5.32 Å². The van der Waals surface area contributed by atoms with Gasteiger partial charge in [-0.2, -0.15) is 0 Å². The Balaban J connectivity index is 1.72. The second-order valence-corrected chi connectivity index (χ2v) is 13.0. The van der Waals surface area contributed by atoms with Gasteiger partial charge in [0.2, 0.25) is 0 Å². The molecule has 2 aliphatic rings. The lowest BCUT2D eigenvalue weighted by Gasteiger charge is -2.32. The summed E-state index contributed by atoms with van der Waals surface area (Å²) in [5.74, 6) is -0.631. The first kappa shape index (κ1) is 28.7. The number of fused-ring (bicyclic) bond motifs is 1. The Morgan fingerprint density at radius 1 is 1.18 bits per heavy atom. The van der Waals surface area contributed by atoms with Crippen LogP contribution in [0, 0.1) is 5.82 Å². The summed E-state index contributed by atoms with van der Waals surface area (Å²) in [4.78, 5) is 28.5. The second kappa shape index (κ2) is 10.4. The largest absolute Gasteiger partial charge is 0.497 e. The molecule has 0 bridgehead atoms. The molecule has 11 heteroatoms. The van der Waals surface area contributed by atoms with E-state index in [0.717, 1.165) is 5.56 Å². The Labute approximate surface area is 232 Å². The number of rotatable bonds is 4. The molecule has 1 N–H and O–H groups in total. The standard InChI is InChI=1S/C27H33BClFN2O5S/c1-25(2,3)35-24(34)31-20-15-38-22-13-19(30)18(28-36-26(4,5)27(6,7)37-28)12-21(22)32(23(20)33)14-16-8-10-17(29)11-9-16/h8-13,20H,14-15H2,1-7H3,(H,31,34)/t20-/m0/s1. The molecule has 0 unspecified atom stereocenters. The zero-order valence-corrected chi connectivity index (χ0v) is 24.3. The Kier molecular flexibility index (Phi) is 7.84. The number of alkyl carbamates (subject to hydrolysis) is 1. The summed E-state index contributed by atoms with van der Waals surface area (Å²) in [6.07, 6.45) is -0.696. The molecular weight excluding hydrogens is 530 g/mol. The average molecular weight is 563 g/mol. The lowest BCUT2D eigenvalue weighted by molar-refractivity contribution is -0.120. The molecule has 2 aromatic carbocycles. The highest BCUT2D eigenvalue weighted by Gasteiger charge is 2.52. The van der Waals surface area contributed by atoms with E-state index in [2.05, 4.69) is 5.32 Å². The number of thioether (sulfide) groups is 1. The first-order chi connectivity index (χ1) is 17.6. The maximum Gasteiger partial charge on any atom is 0.497 e. The lowest BCUT2D eigenvalue weighted by Crippen LogP contribution is -2.50. The van der Waals surface area contributed by atoms with Crippen LogP contribution >= 0.6 is 23.4 Å². The highest BCUT2D eigenvalue weighted by molar-refractivity contribution is 7.99. The summed E-state index contributed by atoms with van der Waals surface area (Å²) >= 11 is 7.35. The van der Waals surface area contributed by atoms with Crippen LogP contribution < -0.4 is 15.7 Å². The fourth-order valence-corrected chi connectivity index (χ4v) is 5.28. The summed E-state index contributed by atoms with van der Waals surface area (Å²) in [6, 6.07) is 9.25. The van der Waals surface area contributed by atoms with Crippen LogP contribution in [0.25, 0.3) is 0 Å². The van der Waals surface area contributed by atoms with Gasteiger partial charge < -0.3 is 24.3 Å². The number of carbonyl (C=O) groups is 2. The number of anilines is 1. The van der Waals surface area contributed by atoms with Gasteiger partial charge in [-0.1, -0.05) is 23.7 Å². The Morgan fingerprint density at radius 3 is 2.37 bits per heavy atom.